The predicted octanol–water partition coefficient (Wildman–Crippen LogP) is 1.11. The van der Waals surface area contributed by atoms with Gasteiger partial charge in [-0.25, -0.2) is 4.98 Å². The first kappa shape index (κ1) is 13.9. The molecule has 0 bridgehead atoms. The first-order valence-corrected chi connectivity index (χ1v) is 6.06. The molecule has 0 aromatic carbocycles. The normalized spacial score (nSPS) is 12.5. The summed E-state index contributed by atoms with van der Waals surface area (Å²) in [6, 6.07) is 1.72. The molecule has 1 unspecified atom stereocenters. The lowest BCUT2D eigenvalue weighted by molar-refractivity contribution is 0.0935. The molecule has 1 heterocycles. The molecule has 1 atom stereocenters. The van der Waals surface area contributed by atoms with Crippen molar-refractivity contribution in [3.8, 4) is 0 Å². The number of rotatable bonds is 4. The van der Waals surface area contributed by atoms with E-state index in [2.05, 4.69) is 26.2 Å². The zero-order chi connectivity index (χ0) is 13.0. The van der Waals surface area contributed by atoms with Crippen molar-refractivity contribution in [2.24, 2.45) is 0 Å². The number of hydrogen-bond donors (Lipinski definition) is 2. The van der Waals surface area contributed by atoms with Gasteiger partial charge in [-0.2, -0.15) is 0 Å². The van der Waals surface area contributed by atoms with Crippen molar-refractivity contribution in [3.05, 3.63) is 22.3 Å². The topological polar surface area (TPSA) is 71.2 Å². The number of aromatic nitrogens is 1. The van der Waals surface area contributed by atoms with Crippen LogP contribution < -0.4 is 11.1 Å². The standard InChI is InChI=1S/C11H17BrN4O/c1-7(6-16(2)3)15-11(17)9-4-8(12)5-14-10(9)13/h4-5,7H,6H2,1-3H3,(H2,13,14)(H,15,17). The lowest BCUT2D eigenvalue weighted by Crippen LogP contribution is -2.39. The summed E-state index contributed by atoms with van der Waals surface area (Å²) in [5.74, 6) is 0.0356. The second-order valence-corrected chi connectivity index (χ2v) is 5.14. The number of carbonyl (C=O) groups excluding carboxylic acids is 1. The van der Waals surface area contributed by atoms with Crippen LogP contribution >= 0.6 is 15.9 Å². The maximum Gasteiger partial charge on any atom is 0.255 e. The SMILES string of the molecule is CC(CN(C)C)NC(=O)c1cc(Br)cnc1N. The highest BCUT2D eigenvalue weighted by atomic mass is 79.9. The maximum absolute atomic E-state index is 11.9. The van der Waals surface area contributed by atoms with E-state index in [0.717, 1.165) is 11.0 Å². The lowest BCUT2D eigenvalue weighted by atomic mass is 10.2. The molecule has 1 aromatic rings. The Balaban J connectivity index is 2.73. The van der Waals surface area contributed by atoms with E-state index in [4.69, 9.17) is 5.73 Å². The molecule has 0 aliphatic heterocycles. The number of amides is 1. The van der Waals surface area contributed by atoms with Crippen LogP contribution in [0.2, 0.25) is 0 Å². The van der Waals surface area contributed by atoms with E-state index in [-0.39, 0.29) is 17.8 Å². The van der Waals surface area contributed by atoms with Gasteiger partial charge in [0.05, 0.1) is 5.56 Å². The van der Waals surface area contributed by atoms with Crippen molar-refractivity contribution in [1.82, 2.24) is 15.2 Å². The van der Waals surface area contributed by atoms with Gasteiger partial charge in [-0.15, -0.1) is 0 Å². The molecular formula is C11H17BrN4O. The van der Waals surface area contributed by atoms with E-state index >= 15 is 0 Å². The monoisotopic (exact) mass is 300 g/mol. The third-order valence-electron chi connectivity index (χ3n) is 2.15. The van der Waals surface area contributed by atoms with Crippen molar-refractivity contribution in [2.45, 2.75) is 13.0 Å². The summed E-state index contributed by atoms with van der Waals surface area (Å²) in [6.45, 7) is 2.71. The van der Waals surface area contributed by atoms with Crippen molar-refractivity contribution in [3.63, 3.8) is 0 Å². The van der Waals surface area contributed by atoms with Crippen LogP contribution in [0, 0.1) is 0 Å². The molecule has 0 fully saturated rings. The average molecular weight is 301 g/mol. The highest BCUT2D eigenvalue weighted by molar-refractivity contribution is 9.10. The van der Waals surface area contributed by atoms with Gasteiger partial charge in [0.15, 0.2) is 0 Å². The molecule has 3 N–H and O–H groups in total. The number of hydrogen-bond acceptors (Lipinski definition) is 4. The summed E-state index contributed by atoms with van der Waals surface area (Å²) < 4.78 is 0.733. The van der Waals surface area contributed by atoms with E-state index in [1.165, 1.54) is 0 Å². The van der Waals surface area contributed by atoms with Gasteiger partial charge in [-0.05, 0) is 43.0 Å². The molecule has 0 radical (unpaired) electrons. The zero-order valence-electron chi connectivity index (χ0n) is 10.2. The average Bonchev–Trinajstić information content (AvgIpc) is 2.20. The largest absolute Gasteiger partial charge is 0.383 e. The quantitative estimate of drug-likeness (QED) is 0.874. The van der Waals surface area contributed by atoms with Gasteiger partial charge in [-0.3, -0.25) is 4.79 Å². The predicted molar refractivity (Wildman–Crippen MR) is 71.8 cm³/mol. The van der Waals surface area contributed by atoms with Crippen LogP contribution in [0.15, 0.2) is 16.7 Å². The number of nitrogens with two attached hydrogens (primary N) is 1. The second-order valence-electron chi connectivity index (χ2n) is 4.22. The minimum absolute atomic E-state index is 0.0517. The van der Waals surface area contributed by atoms with Gasteiger partial charge < -0.3 is 16.0 Å². The second kappa shape index (κ2) is 5.97. The Morgan fingerprint density at radius 1 is 1.65 bits per heavy atom. The fourth-order valence-corrected chi connectivity index (χ4v) is 1.86. The molecule has 17 heavy (non-hydrogen) atoms. The number of likely N-dealkylation sites (N-methyl/N-ethyl adjacent to an activating group) is 1. The summed E-state index contributed by atoms with van der Waals surface area (Å²) in [5, 5.41) is 2.87. The maximum atomic E-state index is 11.9. The summed E-state index contributed by atoms with van der Waals surface area (Å²) in [6.07, 6.45) is 1.56. The molecular weight excluding hydrogens is 284 g/mol. The summed E-state index contributed by atoms with van der Waals surface area (Å²) in [7, 11) is 3.91. The number of nitrogens with zero attached hydrogens (tertiary/aromatic N) is 2. The van der Waals surface area contributed by atoms with Gasteiger partial charge in [0, 0.05) is 23.3 Å². The van der Waals surface area contributed by atoms with Gasteiger partial charge >= 0.3 is 0 Å². The highest BCUT2D eigenvalue weighted by Crippen LogP contribution is 2.15. The first-order valence-electron chi connectivity index (χ1n) is 5.26. The van der Waals surface area contributed by atoms with Crippen LogP contribution in [-0.2, 0) is 0 Å². The van der Waals surface area contributed by atoms with Crippen molar-refractivity contribution in [1.29, 1.82) is 0 Å². The van der Waals surface area contributed by atoms with Crippen molar-refractivity contribution >= 4 is 27.7 Å². The van der Waals surface area contributed by atoms with Crippen molar-refractivity contribution in [2.75, 3.05) is 26.4 Å². The molecule has 0 aliphatic carbocycles. The van der Waals surface area contributed by atoms with Crippen LogP contribution in [-0.4, -0.2) is 42.5 Å². The Bertz CT molecular complexity index is 408. The Labute approximate surface area is 110 Å². The van der Waals surface area contributed by atoms with Crippen LogP contribution in [0.25, 0.3) is 0 Å². The zero-order valence-corrected chi connectivity index (χ0v) is 11.8. The van der Waals surface area contributed by atoms with Gasteiger partial charge in [0.25, 0.3) is 5.91 Å². The number of carbonyl (C=O) groups is 1. The van der Waals surface area contributed by atoms with E-state index in [9.17, 15) is 4.79 Å². The van der Waals surface area contributed by atoms with Crippen LogP contribution in [0.3, 0.4) is 0 Å². The van der Waals surface area contributed by atoms with Crippen molar-refractivity contribution < 1.29 is 4.79 Å². The van der Waals surface area contributed by atoms with Crippen LogP contribution in [0.1, 0.15) is 17.3 Å². The number of nitrogen functional groups attached to an aromatic ring is 1. The molecule has 1 rings (SSSR count). The smallest absolute Gasteiger partial charge is 0.255 e. The fourth-order valence-electron chi connectivity index (χ4n) is 1.53. The third-order valence-corrected chi connectivity index (χ3v) is 2.58. The lowest BCUT2D eigenvalue weighted by Gasteiger charge is -2.18. The molecule has 0 aliphatic rings. The number of nitrogens with one attached hydrogen (secondary N) is 1. The minimum Gasteiger partial charge on any atom is -0.383 e. The van der Waals surface area contributed by atoms with Crippen LogP contribution in [0.4, 0.5) is 5.82 Å². The first-order chi connectivity index (χ1) is 7.90. The Kier molecular flexibility index (Phi) is 4.89. The Morgan fingerprint density at radius 2 is 2.29 bits per heavy atom. The number of halogens is 1. The number of anilines is 1. The third kappa shape index (κ3) is 4.32. The summed E-state index contributed by atoms with van der Waals surface area (Å²) in [4.78, 5) is 17.9. The molecule has 0 spiro atoms. The number of pyridine rings is 1. The summed E-state index contributed by atoms with van der Waals surface area (Å²) >= 11 is 3.26. The minimum atomic E-state index is -0.203. The van der Waals surface area contributed by atoms with Gasteiger partial charge in [-0.1, -0.05) is 0 Å². The molecule has 94 valence electrons. The summed E-state index contributed by atoms with van der Waals surface area (Å²) in [5.41, 5.74) is 6.06. The molecule has 6 heteroatoms. The molecule has 1 amide bonds. The van der Waals surface area contributed by atoms with Crippen LogP contribution in [0.5, 0.6) is 0 Å². The Morgan fingerprint density at radius 3 is 2.88 bits per heavy atom. The highest BCUT2D eigenvalue weighted by Gasteiger charge is 2.14. The van der Waals surface area contributed by atoms with E-state index in [0.29, 0.717) is 5.56 Å². The fraction of sp³-hybridized carbons (Fsp3) is 0.455. The molecule has 0 saturated heterocycles. The van der Waals surface area contributed by atoms with Gasteiger partial charge in [0.1, 0.15) is 5.82 Å². The van der Waals surface area contributed by atoms with E-state index in [1.54, 1.807) is 12.3 Å². The molecule has 5 nitrogen and oxygen atoms in total. The van der Waals surface area contributed by atoms with E-state index in [1.807, 2.05) is 25.9 Å². The molecule has 0 saturated carbocycles. The Hall–Kier alpha value is -1.14. The van der Waals surface area contributed by atoms with E-state index < -0.39 is 0 Å². The van der Waals surface area contributed by atoms with Gasteiger partial charge in [0.2, 0.25) is 0 Å². The molecule has 1 aromatic heterocycles.